The zero-order chi connectivity index (χ0) is 14.0. The molecule has 2 aliphatic rings. The summed E-state index contributed by atoms with van der Waals surface area (Å²) in [5.74, 6) is -0.872. The molecule has 0 bridgehead atoms. The lowest BCUT2D eigenvalue weighted by Crippen LogP contribution is -2.55. The Hall–Kier alpha value is -1.10. The van der Waals surface area contributed by atoms with E-state index in [1.165, 1.54) is 0 Å². The molecular formula is C14H23NO4. The van der Waals surface area contributed by atoms with Crippen LogP contribution in [-0.2, 0) is 14.3 Å². The van der Waals surface area contributed by atoms with Gasteiger partial charge in [-0.1, -0.05) is 13.3 Å². The van der Waals surface area contributed by atoms with Gasteiger partial charge in [0, 0.05) is 20.2 Å². The van der Waals surface area contributed by atoms with E-state index in [0.717, 1.165) is 19.3 Å². The number of methoxy groups -OCH3 is 1. The number of hydrogen-bond donors (Lipinski definition) is 1. The first-order chi connectivity index (χ1) is 8.98. The summed E-state index contributed by atoms with van der Waals surface area (Å²) < 4.78 is 5.20. The van der Waals surface area contributed by atoms with E-state index in [-0.39, 0.29) is 17.2 Å². The van der Waals surface area contributed by atoms with Gasteiger partial charge in [0.05, 0.1) is 17.9 Å². The monoisotopic (exact) mass is 269 g/mol. The second kappa shape index (κ2) is 5.49. The molecule has 1 saturated heterocycles. The van der Waals surface area contributed by atoms with Crippen LogP contribution in [0.15, 0.2) is 0 Å². The Balaban J connectivity index is 2.07. The smallest absolute Gasteiger partial charge is 0.308 e. The Morgan fingerprint density at radius 1 is 1.37 bits per heavy atom. The van der Waals surface area contributed by atoms with Crippen LogP contribution in [0.5, 0.6) is 0 Å². The van der Waals surface area contributed by atoms with Crippen molar-refractivity contribution in [3.63, 3.8) is 0 Å². The van der Waals surface area contributed by atoms with Crippen LogP contribution in [0.2, 0.25) is 0 Å². The van der Waals surface area contributed by atoms with Crippen molar-refractivity contribution < 1.29 is 19.4 Å². The van der Waals surface area contributed by atoms with Crippen molar-refractivity contribution in [2.24, 2.45) is 17.3 Å². The van der Waals surface area contributed by atoms with E-state index >= 15 is 0 Å². The van der Waals surface area contributed by atoms with Crippen LogP contribution in [0.1, 0.15) is 32.6 Å². The molecule has 2 fully saturated rings. The Kier molecular flexibility index (Phi) is 4.13. The quantitative estimate of drug-likeness (QED) is 0.837. The maximum atomic E-state index is 12.7. The van der Waals surface area contributed by atoms with Gasteiger partial charge in [-0.3, -0.25) is 9.59 Å². The normalized spacial score (nSPS) is 29.7. The van der Waals surface area contributed by atoms with Crippen LogP contribution in [0.4, 0.5) is 0 Å². The van der Waals surface area contributed by atoms with Gasteiger partial charge < -0.3 is 14.7 Å². The third-order valence-electron chi connectivity index (χ3n) is 4.48. The zero-order valence-corrected chi connectivity index (χ0v) is 11.7. The lowest BCUT2D eigenvalue weighted by molar-refractivity contribution is -0.158. The number of rotatable bonds is 4. The number of piperidine rings is 1. The first-order valence-corrected chi connectivity index (χ1v) is 6.99. The highest BCUT2D eigenvalue weighted by molar-refractivity contribution is 5.84. The number of likely N-dealkylation sites (tertiary alicyclic amines) is 1. The van der Waals surface area contributed by atoms with Crippen LogP contribution >= 0.6 is 0 Å². The molecule has 1 aliphatic heterocycles. The molecule has 0 spiro atoms. The lowest BCUT2D eigenvalue weighted by atomic mass is 9.68. The molecule has 0 aromatic heterocycles. The number of amides is 1. The second-order valence-corrected chi connectivity index (χ2v) is 6.15. The topological polar surface area (TPSA) is 66.8 Å². The van der Waals surface area contributed by atoms with E-state index in [1.54, 1.807) is 12.0 Å². The fraction of sp³-hybridized carbons (Fsp3) is 0.857. The SMILES string of the molecule is COCC1(C(=O)N2CC(C)CC(C(=O)O)C2)CCC1. The van der Waals surface area contributed by atoms with Crippen LogP contribution in [-0.4, -0.2) is 48.7 Å². The summed E-state index contributed by atoms with van der Waals surface area (Å²) in [4.78, 5) is 25.6. The maximum absolute atomic E-state index is 12.7. The van der Waals surface area contributed by atoms with Crippen molar-refractivity contribution in [2.75, 3.05) is 26.8 Å². The number of ether oxygens (including phenoxy) is 1. The van der Waals surface area contributed by atoms with Gasteiger partial charge in [0.1, 0.15) is 0 Å². The lowest BCUT2D eigenvalue weighted by Gasteiger charge is -2.45. The van der Waals surface area contributed by atoms with Crippen LogP contribution in [0.3, 0.4) is 0 Å². The van der Waals surface area contributed by atoms with Gasteiger partial charge >= 0.3 is 5.97 Å². The third-order valence-corrected chi connectivity index (χ3v) is 4.48. The fourth-order valence-corrected chi connectivity index (χ4v) is 3.33. The van der Waals surface area contributed by atoms with E-state index in [0.29, 0.717) is 26.1 Å². The van der Waals surface area contributed by atoms with Crippen molar-refractivity contribution in [1.82, 2.24) is 4.90 Å². The van der Waals surface area contributed by atoms with Crippen molar-refractivity contribution in [3.05, 3.63) is 0 Å². The summed E-state index contributed by atoms with van der Waals surface area (Å²) in [5.41, 5.74) is -0.380. The summed E-state index contributed by atoms with van der Waals surface area (Å²) in [6, 6.07) is 0. The zero-order valence-electron chi connectivity index (χ0n) is 11.7. The number of nitrogens with zero attached hydrogens (tertiary/aromatic N) is 1. The minimum atomic E-state index is -0.793. The summed E-state index contributed by atoms with van der Waals surface area (Å²) in [5, 5.41) is 9.17. The molecule has 1 aliphatic carbocycles. The third kappa shape index (κ3) is 2.76. The summed E-state index contributed by atoms with van der Waals surface area (Å²) in [6.45, 7) is 3.49. The Morgan fingerprint density at radius 3 is 2.53 bits per heavy atom. The van der Waals surface area contributed by atoms with E-state index < -0.39 is 11.9 Å². The standard InChI is InChI=1S/C14H23NO4/c1-10-6-11(12(16)17)8-15(7-10)13(18)14(9-19-2)4-3-5-14/h10-11H,3-9H2,1-2H3,(H,16,17). The molecule has 1 saturated carbocycles. The first kappa shape index (κ1) is 14.3. The molecule has 0 aromatic rings. The van der Waals surface area contributed by atoms with Gasteiger partial charge in [0.15, 0.2) is 0 Å². The molecule has 5 heteroatoms. The minimum absolute atomic E-state index is 0.0957. The summed E-state index contributed by atoms with van der Waals surface area (Å²) in [6.07, 6.45) is 3.45. The molecule has 1 amide bonds. The van der Waals surface area contributed by atoms with Crippen LogP contribution in [0, 0.1) is 17.3 Å². The molecule has 2 unspecified atom stereocenters. The minimum Gasteiger partial charge on any atom is -0.481 e. The van der Waals surface area contributed by atoms with Gasteiger partial charge in [-0.05, 0) is 25.2 Å². The van der Waals surface area contributed by atoms with Crippen LogP contribution < -0.4 is 0 Å². The molecule has 5 nitrogen and oxygen atoms in total. The maximum Gasteiger partial charge on any atom is 0.308 e. The fourth-order valence-electron chi connectivity index (χ4n) is 3.33. The Bertz CT molecular complexity index is 364. The molecule has 0 radical (unpaired) electrons. The molecule has 1 N–H and O–H groups in total. The summed E-state index contributed by atoms with van der Waals surface area (Å²) in [7, 11) is 1.62. The van der Waals surface area contributed by atoms with E-state index in [1.807, 2.05) is 6.92 Å². The number of carbonyl (C=O) groups excluding carboxylic acids is 1. The molecule has 19 heavy (non-hydrogen) atoms. The number of carboxylic acids is 1. The molecular weight excluding hydrogens is 246 g/mol. The van der Waals surface area contributed by atoms with Crippen LogP contribution in [0.25, 0.3) is 0 Å². The molecule has 2 atom stereocenters. The highest BCUT2D eigenvalue weighted by Gasteiger charge is 2.47. The number of carbonyl (C=O) groups is 2. The number of hydrogen-bond acceptors (Lipinski definition) is 3. The van der Waals surface area contributed by atoms with E-state index in [4.69, 9.17) is 4.74 Å². The highest BCUT2D eigenvalue weighted by atomic mass is 16.5. The molecule has 2 rings (SSSR count). The van der Waals surface area contributed by atoms with Gasteiger partial charge in [0.25, 0.3) is 0 Å². The predicted octanol–water partition coefficient (Wildman–Crippen LogP) is 1.37. The average molecular weight is 269 g/mol. The number of aliphatic carboxylic acids is 1. The average Bonchev–Trinajstić information content (AvgIpc) is 2.32. The van der Waals surface area contributed by atoms with Gasteiger partial charge in [-0.15, -0.1) is 0 Å². The summed E-state index contributed by atoms with van der Waals surface area (Å²) >= 11 is 0. The van der Waals surface area contributed by atoms with Gasteiger partial charge in [-0.25, -0.2) is 0 Å². The predicted molar refractivity (Wildman–Crippen MR) is 69.6 cm³/mol. The first-order valence-electron chi connectivity index (χ1n) is 6.99. The second-order valence-electron chi connectivity index (χ2n) is 6.15. The molecule has 108 valence electrons. The van der Waals surface area contributed by atoms with Crippen molar-refractivity contribution >= 4 is 11.9 Å². The van der Waals surface area contributed by atoms with E-state index in [9.17, 15) is 14.7 Å². The largest absolute Gasteiger partial charge is 0.481 e. The highest BCUT2D eigenvalue weighted by Crippen LogP contribution is 2.43. The van der Waals surface area contributed by atoms with Gasteiger partial charge in [-0.2, -0.15) is 0 Å². The molecule has 1 heterocycles. The van der Waals surface area contributed by atoms with Gasteiger partial charge in [0.2, 0.25) is 5.91 Å². The Labute approximate surface area is 113 Å². The molecule has 0 aromatic carbocycles. The number of carboxylic acid groups (broad SMARTS) is 1. The Morgan fingerprint density at radius 2 is 2.05 bits per heavy atom. The van der Waals surface area contributed by atoms with Crippen molar-refractivity contribution in [1.29, 1.82) is 0 Å². The van der Waals surface area contributed by atoms with E-state index in [2.05, 4.69) is 0 Å². The van der Waals surface area contributed by atoms with Crippen molar-refractivity contribution in [2.45, 2.75) is 32.6 Å². The van der Waals surface area contributed by atoms with Crippen molar-refractivity contribution in [3.8, 4) is 0 Å².